The zero-order valence-corrected chi connectivity index (χ0v) is 8.29. The van der Waals surface area contributed by atoms with Crippen LogP contribution in [0.5, 0.6) is 0 Å². The van der Waals surface area contributed by atoms with Gasteiger partial charge in [-0.15, -0.1) is 0 Å². The maximum atomic E-state index is 9.18. The van der Waals surface area contributed by atoms with Gasteiger partial charge in [0.25, 0.3) is 0 Å². The summed E-state index contributed by atoms with van der Waals surface area (Å²) < 4.78 is 0. The Balaban J connectivity index is 2.22. The standard InChI is InChI=1S/C10H21NO/c1-3-5-11(6-4-2)9-7-10(12)8-9/h9-10,12H,3-8H2,1-2H3. The Labute approximate surface area is 75.6 Å². The molecular formula is C10H21NO. The Hall–Kier alpha value is -0.0800. The third kappa shape index (κ3) is 2.46. The quantitative estimate of drug-likeness (QED) is 0.679. The third-order valence-corrected chi connectivity index (χ3v) is 2.63. The number of hydrogen-bond acceptors (Lipinski definition) is 2. The lowest BCUT2D eigenvalue weighted by Crippen LogP contribution is -2.47. The van der Waals surface area contributed by atoms with Crippen molar-refractivity contribution in [3.05, 3.63) is 0 Å². The predicted molar refractivity (Wildman–Crippen MR) is 51.2 cm³/mol. The molecule has 0 aromatic carbocycles. The molecule has 0 heterocycles. The zero-order chi connectivity index (χ0) is 8.97. The van der Waals surface area contributed by atoms with E-state index < -0.39 is 0 Å². The molecule has 0 unspecified atom stereocenters. The maximum absolute atomic E-state index is 9.18. The molecule has 0 amide bonds. The molecule has 1 rings (SSSR count). The first-order valence-electron chi connectivity index (χ1n) is 5.20. The molecule has 1 saturated carbocycles. The molecule has 0 saturated heterocycles. The van der Waals surface area contributed by atoms with Crippen LogP contribution in [-0.4, -0.2) is 35.2 Å². The highest BCUT2D eigenvalue weighted by molar-refractivity contribution is 4.86. The van der Waals surface area contributed by atoms with Crippen molar-refractivity contribution in [2.75, 3.05) is 13.1 Å². The number of aliphatic hydroxyl groups excluding tert-OH is 1. The summed E-state index contributed by atoms with van der Waals surface area (Å²) in [5, 5.41) is 9.18. The van der Waals surface area contributed by atoms with Crippen LogP contribution in [0.3, 0.4) is 0 Å². The molecule has 0 aromatic heterocycles. The van der Waals surface area contributed by atoms with Crippen molar-refractivity contribution >= 4 is 0 Å². The lowest BCUT2D eigenvalue weighted by molar-refractivity contribution is 0.00160. The minimum Gasteiger partial charge on any atom is -0.393 e. The van der Waals surface area contributed by atoms with E-state index in [2.05, 4.69) is 18.7 Å². The van der Waals surface area contributed by atoms with Crippen LogP contribution in [0.1, 0.15) is 39.5 Å². The van der Waals surface area contributed by atoms with Gasteiger partial charge in [0.1, 0.15) is 0 Å². The first kappa shape index (κ1) is 10.0. The van der Waals surface area contributed by atoms with E-state index in [9.17, 15) is 5.11 Å². The molecule has 1 fully saturated rings. The Bertz CT molecular complexity index is 115. The molecule has 0 radical (unpaired) electrons. The van der Waals surface area contributed by atoms with Gasteiger partial charge < -0.3 is 10.0 Å². The van der Waals surface area contributed by atoms with Gasteiger partial charge >= 0.3 is 0 Å². The monoisotopic (exact) mass is 171 g/mol. The summed E-state index contributed by atoms with van der Waals surface area (Å²) in [5.41, 5.74) is 0. The van der Waals surface area contributed by atoms with Crippen LogP contribution in [0.2, 0.25) is 0 Å². The third-order valence-electron chi connectivity index (χ3n) is 2.63. The highest BCUT2D eigenvalue weighted by Gasteiger charge is 2.31. The Morgan fingerprint density at radius 3 is 2.00 bits per heavy atom. The molecule has 0 aromatic rings. The van der Waals surface area contributed by atoms with Gasteiger partial charge in [0.05, 0.1) is 6.10 Å². The first-order valence-corrected chi connectivity index (χ1v) is 5.20. The van der Waals surface area contributed by atoms with E-state index in [4.69, 9.17) is 0 Å². The van der Waals surface area contributed by atoms with E-state index in [-0.39, 0.29) is 6.10 Å². The lowest BCUT2D eigenvalue weighted by atomic mass is 9.88. The maximum Gasteiger partial charge on any atom is 0.0570 e. The summed E-state index contributed by atoms with van der Waals surface area (Å²) in [4.78, 5) is 2.52. The molecule has 1 N–H and O–H groups in total. The van der Waals surface area contributed by atoms with Crippen LogP contribution >= 0.6 is 0 Å². The van der Waals surface area contributed by atoms with Crippen molar-refractivity contribution in [2.24, 2.45) is 0 Å². The van der Waals surface area contributed by atoms with E-state index in [1.165, 1.54) is 25.9 Å². The number of hydrogen-bond donors (Lipinski definition) is 1. The minimum absolute atomic E-state index is 0.00814. The van der Waals surface area contributed by atoms with Gasteiger partial charge in [-0.3, -0.25) is 0 Å². The minimum atomic E-state index is -0.00814. The van der Waals surface area contributed by atoms with Gasteiger partial charge in [0, 0.05) is 6.04 Å². The average Bonchev–Trinajstić information content (AvgIpc) is 1.99. The fourth-order valence-electron chi connectivity index (χ4n) is 1.91. The van der Waals surface area contributed by atoms with Crippen molar-refractivity contribution in [1.29, 1.82) is 0 Å². The summed E-state index contributed by atoms with van der Waals surface area (Å²) >= 11 is 0. The normalized spacial score (nSPS) is 29.0. The van der Waals surface area contributed by atoms with Crippen LogP contribution in [0.4, 0.5) is 0 Å². The molecule has 0 atom stereocenters. The molecule has 1 aliphatic rings. The Morgan fingerprint density at radius 2 is 1.67 bits per heavy atom. The van der Waals surface area contributed by atoms with Crippen LogP contribution in [0.25, 0.3) is 0 Å². The lowest BCUT2D eigenvalue weighted by Gasteiger charge is -2.40. The topological polar surface area (TPSA) is 23.5 Å². The molecule has 0 bridgehead atoms. The second-order valence-corrected chi connectivity index (χ2v) is 3.82. The Kier molecular flexibility index (Phi) is 4.02. The van der Waals surface area contributed by atoms with Crippen LogP contribution in [0.15, 0.2) is 0 Å². The molecule has 0 spiro atoms. The summed E-state index contributed by atoms with van der Waals surface area (Å²) in [5.74, 6) is 0. The summed E-state index contributed by atoms with van der Waals surface area (Å²) in [6.07, 6.45) is 4.45. The zero-order valence-electron chi connectivity index (χ0n) is 8.29. The molecular weight excluding hydrogens is 150 g/mol. The van der Waals surface area contributed by atoms with Crippen molar-refractivity contribution in [2.45, 2.75) is 51.7 Å². The smallest absolute Gasteiger partial charge is 0.0570 e. The molecule has 12 heavy (non-hydrogen) atoms. The van der Waals surface area contributed by atoms with Gasteiger partial charge in [0.15, 0.2) is 0 Å². The van der Waals surface area contributed by atoms with Gasteiger partial charge in [-0.05, 0) is 38.8 Å². The fourth-order valence-corrected chi connectivity index (χ4v) is 1.91. The molecule has 0 aliphatic heterocycles. The fraction of sp³-hybridized carbons (Fsp3) is 1.00. The number of nitrogens with zero attached hydrogens (tertiary/aromatic N) is 1. The van der Waals surface area contributed by atoms with Crippen molar-refractivity contribution in [1.82, 2.24) is 4.90 Å². The van der Waals surface area contributed by atoms with Gasteiger partial charge in [-0.2, -0.15) is 0 Å². The average molecular weight is 171 g/mol. The van der Waals surface area contributed by atoms with E-state index in [0.717, 1.165) is 12.8 Å². The summed E-state index contributed by atoms with van der Waals surface area (Å²) in [6.45, 7) is 6.84. The molecule has 2 nitrogen and oxygen atoms in total. The van der Waals surface area contributed by atoms with E-state index in [1.54, 1.807) is 0 Å². The summed E-state index contributed by atoms with van der Waals surface area (Å²) in [6, 6.07) is 0.680. The number of rotatable bonds is 5. The van der Waals surface area contributed by atoms with Crippen LogP contribution in [0, 0.1) is 0 Å². The van der Waals surface area contributed by atoms with E-state index >= 15 is 0 Å². The van der Waals surface area contributed by atoms with Crippen LogP contribution in [-0.2, 0) is 0 Å². The molecule has 72 valence electrons. The van der Waals surface area contributed by atoms with Gasteiger partial charge in [-0.25, -0.2) is 0 Å². The van der Waals surface area contributed by atoms with Gasteiger partial charge in [-0.1, -0.05) is 13.8 Å². The first-order chi connectivity index (χ1) is 5.77. The van der Waals surface area contributed by atoms with Crippen molar-refractivity contribution in [3.63, 3.8) is 0 Å². The Morgan fingerprint density at radius 1 is 1.17 bits per heavy atom. The van der Waals surface area contributed by atoms with Crippen molar-refractivity contribution < 1.29 is 5.11 Å². The van der Waals surface area contributed by atoms with Crippen LogP contribution < -0.4 is 0 Å². The number of aliphatic hydroxyl groups is 1. The second kappa shape index (κ2) is 4.83. The van der Waals surface area contributed by atoms with Crippen molar-refractivity contribution in [3.8, 4) is 0 Å². The second-order valence-electron chi connectivity index (χ2n) is 3.82. The molecule has 1 aliphatic carbocycles. The largest absolute Gasteiger partial charge is 0.393 e. The van der Waals surface area contributed by atoms with E-state index in [0.29, 0.717) is 6.04 Å². The van der Waals surface area contributed by atoms with E-state index in [1.807, 2.05) is 0 Å². The highest BCUT2D eigenvalue weighted by atomic mass is 16.3. The molecule has 2 heteroatoms. The predicted octanol–water partition coefficient (Wildman–Crippen LogP) is 1.63. The van der Waals surface area contributed by atoms with Gasteiger partial charge in [0.2, 0.25) is 0 Å². The SMILES string of the molecule is CCCN(CCC)C1CC(O)C1. The summed E-state index contributed by atoms with van der Waals surface area (Å²) in [7, 11) is 0. The highest BCUT2D eigenvalue weighted by Crippen LogP contribution is 2.25.